The number of cyclic esters (lactones) is 1. The van der Waals surface area contributed by atoms with Gasteiger partial charge in [0, 0.05) is 6.92 Å². The topological polar surface area (TPSA) is 52.6 Å². The van der Waals surface area contributed by atoms with Gasteiger partial charge in [-0.3, -0.25) is 9.53 Å². The molecule has 0 aromatic rings. The van der Waals surface area contributed by atoms with Crippen molar-refractivity contribution in [3.63, 3.8) is 0 Å². The number of hydrogen-bond donors (Lipinski definition) is 0. The minimum absolute atomic E-state index is 0.361. The van der Waals surface area contributed by atoms with Gasteiger partial charge in [0.15, 0.2) is 0 Å². The van der Waals surface area contributed by atoms with Gasteiger partial charge < -0.3 is 4.74 Å². The van der Waals surface area contributed by atoms with Crippen molar-refractivity contribution < 1.29 is 41.0 Å². The van der Waals surface area contributed by atoms with Gasteiger partial charge in [0.1, 0.15) is 0 Å². The molecular weight excluding hydrogens is 231 g/mol. The maximum atomic E-state index is 12.9. The van der Waals surface area contributed by atoms with Crippen molar-refractivity contribution in [3.05, 3.63) is 0 Å². The average Bonchev–Trinajstić information content (AvgIpc) is 2.23. The second-order valence-electron chi connectivity index (χ2n) is 2.80. The number of esters is 1. The van der Waals surface area contributed by atoms with Gasteiger partial charge in [-0.2, -0.15) is 22.0 Å². The molecule has 1 fully saturated rings. The summed E-state index contributed by atoms with van der Waals surface area (Å²) in [5.41, 5.74) is 0. The van der Waals surface area contributed by atoms with Crippen LogP contribution in [0.2, 0.25) is 0 Å². The predicted molar refractivity (Wildman–Crippen MR) is 31.6 cm³/mol. The van der Waals surface area contributed by atoms with Gasteiger partial charge in [-0.05, 0) is 0 Å². The van der Waals surface area contributed by atoms with Crippen LogP contribution in [-0.4, -0.2) is 29.8 Å². The van der Waals surface area contributed by atoms with Crippen LogP contribution < -0.4 is 0 Å². The SMILES string of the molecule is CC1(C(=O)F)OC(=O)C(F)(C(F)(F)F)O1. The molecule has 0 bridgehead atoms. The summed E-state index contributed by atoms with van der Waals surface area (Å²) in [4.78, 5) is 20.6. The Morgan fingerprint density at radius 1 is 1.40 bits per heavy atom. The van der Waals surface area contributed by atoms with Gasteiger partial charge in [0.25, 0.3) is 0 Å². The lowest BCUT2D eigenvalue weighted by Crippen LogP contribution is -2.48. The summed E-state index contributed by atoms with van der Waals surface area (Å²) >= 11 is 0. The number of alkyl halides is 4. The molecule has 0 radical (unpaired) electrons. The summed E-state index contributed by atoms with van der Waals surface area (Å²) in [5, 5.41) is 0. The highest BCUT2D eigenvalue weighted by Crippen LogP contribution is 2.45. The Morgan fingerprint density at radius 3 is 2.07 bits per heavy atom. The first-order valence-corrected chi connectivity index (χ1v) is 3.42. The molecule has 1 heterocycles. The van der Waals surface area contributed by atoms with Crippen LogP contribution in [0, 0.1) is 0 Å². The Bertz CT molecular complexity index is 326. The van der Waals surface area contributed by atoms with Gasteiger partial charge in [-0.15, -0.1) is 0 Å². The van der Waals surface area contributed by atoms with Crippen LogP contribution in [0.5, 0.6) is 0 Å². The largest absolute Gasteiger partial charge is 0.460 e. The van der Waals surface area contributed by atoms with Crippen LogP contribution in [0.4, 0.5) is 22.0 Å². The zero-order chi connectivity index (χ0) is 12.1. The lowest BCUT2D eigenvalue weighted by molar-refractivity contribution is -0.324. The van der Waals surface area contributed by atoms with Crippen molar-refractivity contribution in [1.82, 2.24) is 0 Å². The van der Waals surface area contributed by atoms with Crippen molar-refractivity contribution in [2.45, 2.75) is 24.7 Å². The lowest BCUT2D eigenvalue weighted by atomic mass is 10.3. The molecule has 0 amide bonds. The lowest BCUT2D eigenvalue weighted by Gasteiger charge is -2.20. The van der Waals surface area contributed by atoms with E-state index in [1.807, 2.05) is 0 Å². The second-order valence-corrected chi connectivity index (χ2v) is 2.80. The highest BCUT2D eigenvalue weighted by molar-refractivity contribution is 5.88. The summed E-state index contributed by atoms with van der Waals surface area (Å²) in [6, 6.07) is -2.54. The molecule has 2 atom stereocenters. The molecule has 2 unspecified atom stereocenters. The van der Waals surface area contributed by atoms with E-state index in [2.05, 4.69) is 9.47 Å². The van der Waals surface area contributed by atoms with Crippen LogP contribution in [-0.2, 0) is 19.1 Å². The fourth-order valence-corrected chi connectivity index (χ4v) is 0.827. The third-order valence-electron chi connectivity index (χ3n) is 1.61. The van der Waals surface area contributed by atoms with E-state index in [-0.39, 0.29) is 0 Å². The van der Waals surface area contributed by atoms with Crippen LogP contribution in [0.3, 0.4) is 0 Å². The molecule has 1 aliphatic heterocycles. The zero-order valence-corrected chi connectivity index (χ0v) is 7.02. The number of carbonyl (C=O) groups excluding carboxylic acids is 2. The first kappa shape index (κ1) is 11.8. The van der Waals surface area contributed by atoms with Gasteiger partial charge in [0.2, 0.25) is 0 Å². The Kier molecular flexibility index (Phi) is 2.26. The van der Waals surface area contributed by atoms with E-state index in [4.69, 9.17) is 0 Å². The number of carbonyl (C=O) groups is 2. The molecule has 1 saturated heterocycles. The Balaban J connectivity index is 3.10. The summed E-state index contributed by atoms with van der Waals surface area (Å²) in [7, 11) is 0. The van der Waals surface area contributed by atoms with E-state index in [0.717, 1.165) is 0 Å². The Hall–Kier alpha value is -1.25. The molecular formula is C6H3F5O4. The maximum Gasteiger partial charge on any atom is 0.460 e. The molecule has 86 valence electrons. The summed E-state index contributed by atoms with van der Waals surface area (Å²) in [6.45, 7) is 0.361. The average molecular weight is 234 g/mol. The normalized spacial score (nSPS) is 36.5. The monoisotopic (exact) mass is 234 g/mol. The van der Waals surface area contributed by atoms with Crippen molar-refractivity contribution in [2.75, 3.05) is 0 Å². The van der Waals surface area contributed by atoms with Crippen molar-refractivity contribution in [1.29, 1.82) is 0 Å². The molecule has 1 aliphatic rings. The quantitative estimate of drug-likeness (QED) is 0.386. The Morgan fingerprint density at radius 2 is 1.87 bits per heavy atom. The van der Waals surface area contributed by atoms with Gasteiger partial charge in [-0.25, -0.2) is 4.79 Å². The zero-order valence-electron chi connectivity index (χ0n) is 7.02. The molecule has 15 heavy (non-hydrogen) atoms. The summed E-state index contributed by atoms with van der Waals surface area (Å²) in [6.07, 6.45) is -5.75. The minimum Gasteiger partial charge on any atom is -0.418 e. The highest BCUT2D eigenvalue weighted by atomic mass is 19.4. The van der Waals surface area contributed by atoms with E-state index in [0.29, 0.717) is 6.92 Å². The molecule has 0 N–H and O–H groups in total. The third kappa shape index (κ3) is 1.56. The number of hydrogen-bond acceptors (Lipinski definition) is 4. The van der Waals surface area contributed by atoms with Crippen molar-refractivity contribution >= 4 is 12.0 Å². The van der Waals surface area contributed by atoms with Crippen LogP contribution in [0.25, 0.3) is 0 Å². The van der Waals surface area contributed by atoms with Crippen LogP contribution in [0.1, 0.15) is 6.92 Å². The van der Waals surface area contributed by atoms with Gasteiger partial charge in [-0.1, -0.05) is 0 Å². The van der Waals surface area contributed by atoms with E-state index < -0.39 is 29.8 Å². The van der Waals surface area contributed by atoms with E-state index >= 15 is 0 Å². The van der Waals surface area contributed by atoms with E-state index in [9.17, 15) is 31.5 Å². The first-order valence-electron chi connectivity index (χ1n) is 3.42. The molecule has 9 heteroatoms. The van der Waals surface area contributed by atoms with Gasteiger partial charge >= 0.3 is 29.8 Å². The molecule has 0 spiro atoms. The summed E-state index contributed by atoms with van der Waals surface area (Å²) < 4.78 is 67.9. The van der Waals surface area contributed by atoms with Gasteiger partial charge in [0.05, 0.1) is 0 Å². The smallest absolute Gasteiger partial charge is 0.418 e. The standard InChI is InChI=1S/C6H3F5O4/c1-4(2(7)12)14-3(13)5(8,15-4)6(9,10)11/h1H3. The fourth-order valence-electron chi connectivity index (χ4n) is 0.827. The molecule has 0 aromatic heterocycles. The second kappa shape index (κ2) is 2.87. The van der Waals surface area contributed by atoms with Crippen LogP contribution >= 0.6 is 0 Å². The Labute approximate surface area is 78.9 Å². The first-order chi connectivity index (χ1) is 6.53. The fraction of sp³-hybridized carbons (Fsp3) is 0.667. The van der Waals surface area contributed by atoms with Crippen molar-refractivity contribution in [2.24, 2.45) is 0 Å². The molecule has 1 rings (SSSR count). The molecule has 4 nitrogen and oxygen atoms in total. The van der Waals surface area contributed by atoms with E-state index in [1.54, 1.807) is 0 Å². The number of ether oxygens (including phenoxy) is 2. The number of halogens is 5. The predicted octanol–water partition coefficient (Wildman–Crippen LogP) is 1.00. The highest BCUT2D eigenvalue weighted by Gasteiger charge is 2.74. The molecule has 0 aliphatic carbocycles. The molecule has 0 aromatic carbocycles. The number of rotatable bonds is 1. The molecule has 0 saturated carbocycles. The van der Waals surface area contributed by atoms with E-state index in [1.165, 1.54) is 0 Å². The maximum absolute atomic E-state index is 12.9. The summed E-state index contributed by atoms with van der Waals surface area (Å²) in [5.74, 6) is -10.5. The minimum atomic E-state index is -5.75. The van der Waals surface area contributed by atoms with Crippen molar-refractivity contribution in [3.8, 4) is 0 Å². The van der Waals surface area contributed by atoms with Crippen LogP contribution in [0.15, 0.2) is 0 Å². The third-order valence-corrected chi connectivity index (χ3v) is 1.61.